The Balaban J connectivity index is 1.77. The lowest BCUT2D eigenvalue weighted by molar-refractivity contribution is 0.333. The van der Waals surface area contributed by atoms with E-state index in [1.54, 1.807) is 23.3 Å². The number of nitrogens with one attached hydrogen (secondary N) is 1. The van der Waals surface area contributed by atoms with Gasteiger partial charge in [0.05, 0.1) is 0 Å². The fourth-order valence-electron chi connectivity index (χ4n) is 1.84. The lowest BCUT2D eigenvalue weighted by Gasteiger charge is -2.25. The van der Waals surface area contributed by atoms with Crippen molar-refractivity contribution in [3.63, 3.8) is 0 Å². The van der Waals surface area contributed by atoms with Crippen molar-refractivity contribution in [1.29, 1.82) is 0 Å². The number of hydrogen-bond acceptors (Lipinski definition) is 5. The molecule has 18 heavy (non-hydrogen) atoms. The summed E-state index contributed by atoms with van der Waals surface area (Å²) in [6.45, 7) is 0.893. The SMILES string of the molecule is Clc1nc(NCC2CCC2)nc(-n2ccnc2)n1. The highest BCUT2D eigenvalue weighted by molar-refractivity contribution is 6.28. The molecule has 2 aromatic rings. The first-order chi connectivity index (χ1) is 8.81. The lowest BCUT2D eigenvalue weighted by atomic mass is 9.85. The molecule has 1 saturated carbocycles. The maximum atomic E-state index is 5.89. The van der Waals surface area contributed by atoms with Gasteiger partial charge in [0.1, 0.15) is 6.33 Å². The van der Waals surface area contributed by atoms with Crippen molar-refractivity contribution in [2.75, 3.05) is 11.9 Å². The molecule has 0 amide bonds. The zero-order chi connectivity index (χ0) is 12.4. The number of anilines is 1. The second kappa shape index (κ2) is 4.89. The minimum atomic E-state index is 0.185. The molecule has 0 saturated heterocycles. The molecule has 2 heterocycles. The molecular formula is C11H13ClN6. The number of rotatable bonds is 4. The molecule has 1 N–H and O–H groups in total. The van der Waals surface area contributed by atoms with Gasteiger partial charge in [0, 0.05) is 18.9 Å². The number of aromatic nitrogens is 5. The van der Waals surface area contributed by atoms with E-state index in [1.165, 1.54) is 19.3 Å². The van der Waals surface area contributed by atoms with E-state index in [-0.39, 0.29) is 5.28 Å². The van der Waals surface area contributed by atoms with Crippen LogP contribution < -0.4 is 5.32 Å². The Bertz CT molecular complexity index is 522. The summed E-state index contributed by atoms with van der Waals surface area (Å²) in [5, 5.41) is 3.39. The van der Waals surface area contributed by atoms with Gasteiger partial charge in [0.2, 0.25) is 17.2 Å². The fourth-order valence-corrected chi connectivity index (χ4v) is 2.00. The summed E-state index contributed by atoms with van der Waals surface area (Å²) in [6.07, 6.45) is 8.94. The van der Waals surface area contributed by atoms with Crippen LogP contribution in [0.4, 0.5) is 5.95 Å². The largest absolute Gasteiger partial charge is 0.354 e. The smallest absolute Gasteiger partial charge is 0.241 e. The summed E-state index contributed by atoms with van der Waals surface area (Å²) in [5.41, 5.74) is 0. The summed E-state index contributed by atoms with van der Waals surface area (Å²) in [4.78, 5) is 16.4. The average Bonchev–Trinajstić information content (AvgIpc) is 2.79. The Hall–Kier alpha value is -1.69. The molecule has 0 aliphatic heterocycles. The predicted molar refractivity (Wildman–Crippen MR) is 67.8 cm³/mol. The first-order valence-corrected chi connectivity index (χ1v) is 6.33. The summed E-state index contributed by atoms with van der Waals surface area (Å²) in [6, 6.07) is 0. The van der Waals surface area contributed by atoms with Gasteiger partial charge in [0.25, 0.3) is 0 Å². The quantitative estimate of drug-likeness (QED) is 0.914. The van der Waals surface area contributed by atoms with E-state index >= 15 is 0 Å². The van der Waals surface area contributed by atoms with Gasteiger partial charge in [-0.25, -0.2) is 4.98 Å². The Morgan fingerprint density at radius 3 is 2.89 bits per heavy atom. The Morgan fingerprint density at radius 2 is 2.22 bits per heavy atom. The van der Waals surface area contributed by atoms with Crippen LogP contribution >= 0.6 is 11.6 Å². The number of halogens is 1. The number of hydrogen-bond donors (Lipinski definition) is 1. The van der Waals surface area contributed by atoms with Crippen LogP contribution in [0.5, 0.6) is 0 Å². The molecule has 0 atom stereocenters. The van der Waals surface area contributed by atoms with Crippen LogP contribution in [0.1, 0.15) is 19.3 Å². The van der Waals surface area contributed by atoms with Crippen molar-refractivity contribution < 1.29 is 0 Å². The Labute approximate surface area is 109 Å². The third-order valence-electron chi connectivity index (χ3n) is 3.11. The second-order valence-electron chi connectivity index (χ2n) is 4.38. The van der Waals surface area contributed by atoms with Crippen molar-refractivity contribution in [2.24, 2.45) is 5.92 Å². The molecule has 0 unspecified atom stereocenters. The zero-order valence-electron chi connectivity index (χ0n) is 9.75. The third-order valence-corrected chi connectivity index (χ3v) is 3.27. The van der Waals surface area contributed by atoms with Gasteiger partial charge in [-0.15, -0.1) is 0 Å². The Morgan fingerprint density at radius 1 is 1.33 bits per heavy atom. The molecule has 7 heteroatoms. The topological polar surface area (TPSA) is 68.5 Å². The van der Waals surface area contributed by atoms with E-state index in [2.05, 4.69) is 25.3 Å². The van der Waals surface area contributed by atoms with Gasteiger partial charge in [-0.1, -0.05) is 6.42 Å². The van der Waals surface area contributed by atoms with E-state index in [0.717, 1.165) is 12.5 Å². The summed E-state index contributed by atoms with van der Waals surface area (Å²) >= 11 is 5.89. The average molecular weight is 265 g/mol. The van der Waals surface area contributed by atoms with Crippen molar-refractivity contribution in [3.8, 4) is 5.95 Å². The van der Waals surface area contributed by atoms with Crippen LogP contribution in [0, 0.1) is 5.92 Å². The minimum absolute atomic E-state index is 0.185. The molecule has 0 radical (unpaired) electrons. The minimum Gasteiger partial charge on any atom is -0.354 e. The van der Waals surface area contributed by atoms with E-state index in [0.29, 0.717) is 11.9 Å². The molecular weight excluding hydrogens is 252 g/mol. The molecule has 0 spiro atoms. The van der Waals surface area contributed by atoms with Crippen LogP contribution in [0.25, 0.3) is 5.95 Å². The highest BCUT2D eigenvalue weighted by Crippen LogP contribution is 2.26. The van der Waals surface area contributed by atoms with Crippen LogP contribution in [-0.2, 0) is 0 Å². The van der Waals surface area contributed by atoms with Crippen molar-refractivity contribution in [1.82, 2.24) is 24.5 Å². The summed E-state index contributed by atoms with van der Waals surface area (Å²) < 4.78 is 1.70. The second-order valence-corrected chi connectivity index (χ2v) is 4.71. The predicted octanol–water partition coefficient (Wildman–Crippen LogP) is 1.92. The van der Waals surface area contributed by atoms with Gasteiger partial charge in [0.15, 0.2) is 0 Å². The molecule has 2 aromatic heterocycles. The number of imidazole rings is 1. The standard InChI is InChI=1S/C11H13ClN6/c12-9-15-10(14-6-8-2-1-3-8)17-11(16-9)18-5-4-13-7-18/h4-5,7-8H,1-3,6H2,(H,14,15,16,17). The third kappa shape index (κ3) is 2.43. The maximum Gasteiger partial charge on any atom is 0.241 e. The monoisotopic (exact) mass is 264 g/mol. The van der Waals surface area contributed by atoms with Gasteiger partial charge >= 0.3 is 0 Å². The van der Waals surface area contributed by atoms with E-state index < -0.39 is 0 Å². The molecule has 1 aliphatic carbocycles. The van der Waals surface area contributed by atoms with Gasteiger partial charge < -0.3 is 5.32 Å². The highest BCUT2D eigenvalue weighted by atomic mass is 35.5. The van der Waals surface area contributed by atoms with Gasteiger partial charge in [-0.05, 0) is 30.4 Å². The summed E-state index contributed by atoms with van der Waals surface area (Å²) in [5.74, 6) is 1.73. The van der Waals surface area contributed by atoms with Crippen molar-refractivity contribution in [2.45, 2.75) is 19.3 Å². The van der Waals surface area contributed by atoms with Gasteiger partial charge in [-0.2, -0.15) is 15.0 Å². The fraction of sp³-hybridized carbons (Fsp3) is 0.455. The van der Waals surface area contributed by atoms with E-state index in [1.807, 2.05) is 0 Å². The molecule has 0 aromatic carbocycles. The lowest BCUT2D eigenvalue weighted by Crippen LogP contribution is -2.22. The highest BCUT2D eigenvalue weighted by Gasteiger charge is 2.17. The maximum absolute atomic E-state index is 5.89. The normalized spacial score (nSPS) is 15.4. The molecule has 3 rings (SSSR count). The van der Waals surface area contributed by atoms with Crippen molar-refractivity contribution >= 4 is 17.5 Å². The van der Waals surface area contributed by atoms with Crippen LogP contribution in [0.15, 0.2) is 18.7 Å². The molecule has 0 bridgehead atoms. The van der Waals surface area contributed by atoms with Gasteiger partial charge in [-0.3, -0.25) is 4.57 Å². The first kappa shape index (κ1) is 11.4. The van der Waals surface area contributed by atoms with Crippen LogP contribution in [-0.4, -0.2) is 31.0 Å². The van der Waals surface area contributed by atoms with E-state index in [9.17, 15) is 0 Å². The van der Waals surface area contributed by atoms with Crippen LogP contribution in [0.2, 0.25) is 5.28 Å². The molecule has 94 valence electrons. The Kier molecular flexibility index (Phi) is 3.10. The zero-order valence-corrected chi connectivity index (χ0v) is 10.5. The molecule has 6 nitrogen and oxygen atoms in total. The number of nitrogens with zero attached hydrogens (tertiary/aromatic N) is 5. The summed E-state index contributed by atoms with van der Waals surface area (Å²) in [7, 11) is 0. The van der Waals surface area contributed by atoms with E-state index in [4.69, 9.17) is 11.6 Å². The van der Waals surface area contributed by atoms with Crippen molar-refractivity contribution in [3.05, 3.63) is 24.0 Å². The molecule has 1 fully saturated rings. The molecule has 1 aliphatic rings. The van der Waals surface area contributed by atoms with Crippen LogP contribution in [0.3, 0.4) is 0 Å². The first-order valence-electron chi connectivity index (χ1n) is 5.95.